The number of nitrogens with zero attached hydrogens (tertiary/aromatic N) is 2. The van der Waals surface area contributed by atoms with Crippen molar-refractivity contribution in [3.63, 3.8) is 0 Å². The van der Waals surface area contributed by atoms with Crippen LogP contribution < -0.4 is 5.32 Å². The molecule has 0 aliphatic carbocycles. The first-order valence-electron chi connectivity index (χ1n) is 10.7. The molecule has 2 heterocycles. The molecule has 2 fully saturated rings. The van der Waals surface area contributed by atoms with Crippen molar-refractivity contribution in [1.29, 1.82) is 0 Å². The van der Waals surface area contributed by atoms with Crippen LogP contribution in [0.2, 0.25) is 0 Å². The number of nitrogens with one attached hydrogen (secondary N) is 1. The molecular formula is C22H35N3O3. The summed E-state index contributed by atoms with van der Waals surface area (Å²) in [6, 6.07) is 10.8. The van der Waals surface area contributed by atoms with Gasteiger partial charge in [0.15, 0.2) is 0 Å². The maximum Gasteiger partial charge on any atom is 0.237 e. The first-order valence-corrected chi connectivity index (χ1v) is 10.7. The second-order valence-electron chi connectivity index (χ2n) is 7.94. The van der Waals surface area contributed by atoms with Crippen molar-refractivity contribution in [2.45, 2.75) is 57.3 Å². The third-order valence-electron chi connectivity index (χ3n) is 5.86. The Morgan fingerprint density at radius 2 is 2.00 bits per heavy atom. The van der Waals surface area contributed by atoms with Crippen molar-refractivity contribution in [3.05, 3.63) is 35.9 Å². The van der Waals surface area contributed by atoms with E-state index in [4.69, 9.17) is 4.74 Å². The molecule has 3 rings (SSSR count). The van der Waals surface area contributed by atoms with Crippen LogP contribution in [0.1, 0.15) is 38.2 Å². The number of amides is 1. The molecule has 0 radical (unpaired) electrons. The lowest BCUT2D eigenvalue weighted by Gasteiger charge is -2.39. The summed E-state index contributed by atoms with van der Waals surface area (Å²) in [5, 5.41) is 13.2. The molecule has 6 heteroatoms. The smallest absolute Gasteiger partial charge is 0.237 e. The largest absolute Gasteiger partial charge is 0.392 e. The van der Waals surface area contributed by atoms with Crippen LogP contribution in [0, 0.1) is 0 Å². The third-order valence-corrected chi connectivity index (χ3v) is 5.86. The lowest BCUT2D eigenvalue weighted by molar-refractivity contribution is -0.126. The van der Waals surface area contributed by atoms with Gasteiger partial charge in [-0.1, -0.05) is 30.3 Å². The molecule has 2 aliphatic heterocycles. The summed E-state index contributed by atoms with van der Waals surface area (Å²) in [4.78, 5) is 17.4. The Balaban J connectivity index is 1.46. The Morgan fingerprint density at radius 1 is 1.25 bits per heavy atom. The fourth-order valence-electron chi connectivity index (χ4n) is 4.40. The van der Waals surface area contributed by atoms with Crippen LogP contribution in [-0.4, -0.2) is 78.4 Å². The lowest BCUT2D eigenvalue weighted by atomic mass is 10.0. The van der Waals surface area contributed by atoms with Crippen molar-refractivity contribution in [2.24, 2.45) is 0 Å². The molecule has 0 unspecified atom stereocenters. The second kappa shape index (κ2) is 10.9. The Bertz CT molecular complexity index is 590. The highest BCUT2D eigenvalue weighted by Crippen LogP contribution is 2.27. The summed E-state index contributed by atoms with van der Waals surface area (Å²) in [5.41, 5.74) is 1.35. The maximum absolute atomic E-state index is 12.7. The SMILES string of the molecule is CCOCCCNC(=O)[C@@H]1C[C@@H](O)CN1C1CCN(Cc2ccccc2)CC1. The predicted molar refractivity (Wildman–Crippen MR) is 110 cm³/mol. The monoisotopic (exact) mass is 389 g/mol. The van der Waals surface area contributed by atoms with Crippen LogP contribution >= 0.6 is 0 Å². The van der Waals surface area contributed by atoms with E-state index >= 15 is 0 Å². The highest BCUT2D eigenvalue weighted by molar-refractivity contribution is 5.82. The predicted octanol–water partition coefficient (Wildman–Crippen LogP) is 1.63. The van der Waals surface area contributed by atoms with Crippen LogP contribution in [0.5, 0.6) is 0 Å². The molecular weight excluding hydrogens is 354 g/mol. The van der Waals surface area contributed by atoms with E-state index in [2.05, 4.69) is 45.4 Å². The van der Waals surface area contributed by atoms with E-state index in [-0.39, 0.29) is 11.9 Å². The number of carbonyl (C=O) groups excluding carboxylic acids is 1. The number of hydrogen-bond acceptors (Lipinski definition) is 5. The van der Waals surface area contributed by atoms with E-state index in [1.165, 1.54) is 5.56 Å². The fraction of sp³-hybridized carbons (Fsp3) is 0.682. The molecule has 2 atom stereocenters. The Morgan fingerprint density at radius 3 is 2.71 bits per heavy atom. The quantitative estimate of drug-likeness (QED) is 0.629. The summed E-state index contributed by atoms with van der Waals surface area (Å²) < 4.78 is 5.32. The van der Waals surface area contributed by atoms with Gasteiger partial charge in [0.1, 0.15) is 0 Å². The molecule has 28 heavy (non-hydrogen) atoms. The average molecular weight is 390 g/mol. The summed E-state index contributed by atoms with van der Waals surface area (Å²) >= 11 is 0. The molecule has 2 aliphatic rings. The van der Waals surface area contributed by atoms with Crippen molar-refractivity contribution in [1.82, 2.24) is 15.1 Å². The van der Waals surface area contributed by atoms with Crippen LogP contribution in [0.4, 0.5) is 0 Å². The highest BCUT2D eigenvalue weighted by Gasteiger charge is 2.40. The fourth-order valence-corrected chi connectivity index (χ4v) is 4.40. The molecule has 2 saturated heterocycles. The number of carbonyl (C=O) groups is 1. The maximum atomic E-state index is 12.7. The van der Waals surface area contributed by atoms with E-state index < -0.39 is 6.10 Å². The van der Waals surface area contributed by atoms with Gasteiger partial charge in [0.25, 0.3) is 0 Å². The average Bonchev–Trinajstić information content (AvgIpc) is 3.11. The summed E-state index contributed by atoms with van der Waals surface area (Å²) in [6.45, 7) is 7.66. The molecule has 0 bridgehead atoms. The van der Waals surface area contributed by atoms with Gasteiger partial charge in [0.2, 0.25) is 5.91 Å². The molecule has 2 N–H and O–H groups in total. The number of benzene rings is 1. The Labute approximate surface area is 168 Å². The normalized spacial score (nSPS) is 24.5. The Kier molecular flexibility index (Phi) is 8.27. The van der Waals surface area contributed by atoms with Crippen LogP contribution in [-0.2, 0) is 16.1 Å². The minimum atomic E-state index is -0.401. The molecule has 0 saturated carbocycles. The van der Waals surface area contributed by atoms with Gasteiger partial charge >= 0.3 is 0 Å². The molecule has 156 valence electrons. The zero-order valence-electron chi connectivity index (χ0n) is 17.1. The van der Waals surface area contributed by atoms with Crippen LogP contribution in [0.3, 0.4) is 0 Å². The molecule has 1 amide bonds. The number of ether oxygens (including phenoxy) is 1. The van der Waals surface area contributed by atoms with E-state index in [1.54, 1.807) is 0 Å². The molecule has 6 nitrogen and oxygen atoms in total. The number of piperidine rings is 1. The van der Waals surface area contributed by atoms with E-state index in [0.29, 0.717) is 38.8 Å². The summed E-state index contributed by atoms with van der Waals surface area (Å²) in [6.07, 6.45) is 3.07. The van der Waals surface area contributed by atoms with Gasteiger partial charge in [-0.3, -0.25) is 14.6 Å². The van der Waals surface area contributed by atoms with Crippen molar-refractivity contribution >= 4 is 5.91 Å². The number of rotatable bonds is 9. The molecule has 1 aromatic rings. The summed E-state index contributed by atoms with van der Waals surface area (Å²) in [7, 11) is 0. The lowest BCUT2D eigenvalue weighted by Crippen LogP contribution is -2.51. The topological polar surface area (TPSA) is 65.0 Å². The van der Waals surface area contributed by atoms with Crippen molar-refractivity contribution in [3.8, 4) is 0 Å². The molecule has 0 spiro atoms. The van der Waals surface area contributed by atoms with Gasteiger partial charge < -0.3 is 15.2 Å². The van der Waals surface area contributed by atoms with Gasteiger partial charge in [-0.25, -0.2) is 0 Å². The van der Waals surface area contributed by atoms with Crippen molar-refractivity contribution < 1.29 is 14.6 Å². The van der Waals surface area contributed by atoms with E-state index in [1.807, 2.05) is 6.92 Å². The first-order chi connectivity index (χ1) is 13.7. The van der Waals surface area contributed by atoms with Crippen LogP contribution in [0.15, 0.2) is 30.3 Å². The van der Waals surface area contributed by atoms with Crippen molar-refractivity contribution in [2.75, 3.05) is 39.4 Å². The number of aliphatic hydroxyl groups is 1. The van der Waals surface area contributed by atoms with E-state index in [9.17, 15) is 9.90 Å². The van der Waals surface area contributed by atoms with Crippen LogP contribution in [0.25, 0.3) is 0 Å². The number of aliphatic hydroxyl groups excluding tert-OH is 1. The molecule has 1 aromatic carbocycles. The van der Waals surface area contributed by atoms with E-state index in [0.717, 1.165) is 38.9 Å². The standard InChI is InChI=1S/C22H35N3O3/c1-2-28-14-6-11-23-22(27)21-15-20(26)17-25(21)19-9-12-24(13-10-19)16-18-7-4-3-5-8-18/h3-5,7-8,19-21,26H,2,6,9-17H2,1H3,(H,23,27)/t20-,21+/m1/s1. The van der Waals surface area contributed by atoms with Gasteiger partial charge in [-0.15, -0.1) is 0 Å². The number of likely N-dealkylation sites (tertiary alicyclic amines) is 2. The second-order valence-corrected chi connectivity index (χ2v) is 7.94. The zero-order chi connectivity index (χ0) is 19.8. The van der Waals surface area contributed by atoms with Gasteiger partial charge in [0.05, 0.1) is 12.1 Å². The minimum Gasteiger partial charge on any atom is -0.392 e. The van der Waals surface area contributed by atoms with Gasteiger partial charge in [0, 0.05) is 38.9 Å². The van der Waals surface area contributed by atoms with Gasteiger partial charge in [-0.05, 0) is 51.3 Å². The van der Waals surface area contributed by atoms with Gasteiger partial charge in [-0.2, -0.15) is 0 Å². The molecule has 0 aromatic heterocycles. The Hall–Kier alpha value is -1.47. The third kappa shape index (κ3) is 6.01. The first kappa shape index (κ1) is 21.2. The number of hydrogen-bond donors (Lipinski definition) is 2. The zero-order valence-corrected chi connectivity index (χ0v) is 17.1. The minimum absolute atomic E-state index is 0.0553. The number of β-amino-alcohol motifs (C(OH)–C–C–N with tert-alkyl or cyclic N) is 1. The summed E-state index contributed by atoms with van der Waals surface area (Å²) in [5.74, 6) is 0.0553. The highest BCUT2D eigenvalue weighted by atomic mass is 16.5.